The van der Waals surface area contributed by atoms with Gasteiger partial charge in [0.05, 0.1) is 5.56 Å². The lowest BCUT2D eigenvalue weighted by atomic mass is 10.2. The summed E-state index contributed by atoms with van der Waals surface area (Å²) in [6, 6.07) is 16.3. The molecular weight excluding hydrogens is 341 g/mol. The molecule has 0 aliphatic carbocycles. The summed E-state index contributed by atoms with van der Waals surface area (Å²) in [5.74, 6) is 1.01. The molecule has 7 heteroatoms. The lowest BCUT2D eigenvalue weighted by Crippen LogP contribution is -2.17. The summed E-state index contributed by atoms with van der Waals surface area (Å²) < 4.78 is 37.9. The van der Waals surface area contributed by atoms with E-state index in [1.54, 1.807) is 12.3 Å². The van der Waals surface area contributed by atoms with Crippen LogP contribution in [-0.4, -0.2) is 16.5 Å². The third-order valence-electron chi connectivity index (χ3n) is 3.77. The first-order chi connectivity index (χ1) is 12.5. The number of rotatable bonds is 5. The molecule has 0 amide bonds. The second-order valence-corrected chi connectivity index (χ2v) is 5.52. The van der Waals surface area contributed by atoms with E-state index < -0.39 is 11.7 Å². The molecule has 0 atom stereocenters. The Morgan fingerprint density at radius 2 is 1.65 bits per heavy atom. The van der Waals surface area contributed by atoms with E-state index in [9.17, 15) is 13.2 Å². The molecular formula is C19H17F3N4. The van der Waals surface area contributed by atoms with Crippen molar-refractivity contribution in [3.8, 4) is 0 Å². The standard InChI is InChI=1S/C19H17F3N4/c1-2-26(16-6-4-3-5-7-16)17-12-13-23-18(25-17)24-15-10-8-14(9-11-15)19(20,21)22/h3-13H,2H2,1H3,(H,23,24,25). The molecule has 0 aliphatic rings. The van der Waals surface area contributed by atoms with Crippen LogP contribution in [0, 0.1) is 0 Å². The van der Waals surface area contributed by atoms with Crippen LogP contribution in [0.15, 0.2) is 66.9 Å². The van der Waals surface area contributed by atoms with Crippen molar-refractivity contribution in [3.05, 3.63) is 72.4 Å². The Morgan fingerprint density at radius 3 is 2.27 bits per heavy atom. The van der Waals surface area contributed by atoms with Gasteiger partial charge in [-0.15, -0.1) is 0 Å². The summed E-state index contributed by atoms with van der Waals surface area (Å²) in [7, 11) is 0. The zero-order valence-corrected chi connectivity index (χ0v) is 14.0. The smallest absolute Gasteiger partial charge is 0.327 e. The fourth-order valence-electron chi connectivity index (χ4n) is 2.52. The number of para-hydroxylation sites is 1. The Balaban J connectivity index is 1.81. The second-order valence-electron chi connectivity index (χ2n) is 5.52. The Kier molecular flexibility index (Phi) is 5.06. The Hall–Kier alpha value is -3.09. The molecule has 0 spiro atoms. The lowest BCUT2D eigenvalue weighted by molar-refractivity contribution is -0.137. The van der Waals surface area contributed by atoms with Gasteiger partial charge in [-0.3, -0.25) is 0 Å². The van der Waals surface area contributed by atoms with Gasteiger partial charge in [-0.1, -0.05) is 18.2 Å². The van der Waals surface area contributed by atoms with Gasteiger partial charge in [0, 0.05) is 24.1 Å². The predicted molar refractivity (Wildman–Crippen MR) is 95.9 cm³/mol. The lowest BCUT2D eigenvalue weighted by Gasteiger charge is -2.22. The number of aromatic nitrogens is 2. The highest BCUT2D eigenvalue weighted by atomic mass is 19.4. The number of nitrogens with one attached hydrogen (secondary N) is 1. The predicted octanol–water partition coefficient (Wildman–Crippen LogP) is 5.40. The van der Waals surface area contributed by atoms with Crippen molar-refractivity contribution in [2.75, 3.05) is 16.8 Å². The first kappa shape index (κ1) is 17.7. The normalized spacial score (nSPS) is 11.2. The fraction of sp³-hybridized carbons (Fsp3) is 0.158. The molecule has 1 N–H and O–H groups in total. The molecule has 0 aliphatic heterocycles. The largest absolute Gasteiger partial charge is 0.416 e. The number of halogens is 3. The van der Waals surface area contributed by atoms with Crippen LogP contribution in [0.1, 0.15) is 12.5 Å². The maximum Gasteiger partial charge on any atom is 0.416 e. The molecule has 0 saturated heterocycles. The summed E-state index contributed by atoms with van der Waals surface area (Å²) in [4.78, 5) is 10.6. The van der Waals surface area contributed by atoms with Gasteiger partial charge in [0.1, 0.15) is 5.82 Å². The van der Waals surface area contributed by atoms with Crippen LogP contribution in [0.2, 0.25) is 0 Å². The highest BCUT2D eigenvalue weighted by molar-refractivity contribution is 5.62. The molecule has 26 heavy (non-hydrogen) atoms. The van der Waals surface area contributed by atoms with Gasteiger partial charge >= 0.3 is 6.18 Å². The van der Waals surface area contributed by atoms with Gasteiger partial charge in [-0.25, -0.2) is 4.98 Å². The van der Waals surface area contributed by atoms with Gasteiger partial charge in [-0.2, -0.15) is 18.2 Å². The molecule has 0 fully saturated rings. The van der Waals surface area contributed by atoms with Crippen molar-refractivity contribution in [2.24, 2.45) is 0 Å². The highest BCUT2D eigenvalue weighted by Crippen LogP contribution is 2.30. The fourth-order valence-corrected chi connectivity index (χ4v) is 2.52. The zero-order chi connectivity index (χ0) is 18.6. The molecule has 0 radical (unpaired) electrons. The van der Waals surface area contributed by atoms with Crippen molar-refractivity contribution in [1.29, 1.82) is 0 Å². The second kappa shape index (κ2) is 7.43. The number of nitrogens with zero attached hydrogens (tertiary/aromatic N) is 3. The van der Waals surface area contributed by atoms with E-state index in [1.165, 1.54) is 12.1 Å². The van der Waals surface area contributed by atoms with Gasteiger partial charge in [0.15, 0.2) is 0 Å². The minimum Gasteiger partial charge on any atom is -0.327 e. The minimum absolute atomic E-state index is 0.316. The molecule has 3 rings (SSSR count). The molecule has 1 aromatic heterocycles. The third kappa shape index (κ3) is 4.11. The van der Waals surface area contributed by atoms with Crippen LogP contribution in [0.25, 0.3) is 0 Å². The molecule has 3 aromatic rings. The highest BCUT2D eigenvalue weighted by Gasteiger charge is 2.29. The van der Waals surface area contributed by atoms with E-state index in [4.69, 9.17) is 0 Å². The van der Waals surface area contributed by atoms with Crippen LogP contribution >= 0.6 is 0 Å². The van der Waals surface area contributed by atoms with E-state index in [1.807, 2.05) is 42.2 Å². The Morgan fingerprint density at radius 1 is 0.962 bits per heavy atom. The van der Waals surface area contributed by atoms with Gasteiger partial charge in [0.25, 0.3) is 0 Å². The molecule has 0 unspecified atom stereocenters. The van der Waals surface area contributed by atoms with Gasteiger partial charge in [0.2, 0.25) is 5.95 Å². The van der Waals surface area contributed by atoms with Crippen LogP contribution in [0.5, 0.6) is 0 Å². The monoisotopic (exact) mass is 358 g/mol. The third-order valence-corrected chi connectivity index (χ3v) is 3.77. The van der Waals surface area contributed by atoms with E-state index in [-0.39, 0.29) is 0 Å². The van der Waals surface area contributed by atoms with Crippen LogP contribution in [0.3, 0.4) is 0 Å². The van der Waals surface area contributed by atoms with E-state index in [0.717, 1.165) is 17.8 Å². The average molecular weight is 358 g/mol. The Bertz CT molecular complexity index is 849. The molecule has 0 bridgehead atoms. The van der Waals surface area contributed by atoms with Gasteiger partial charge < -0.3 is 10.2 Å². The summed E-state index contributed by atoms with van der Waals surface area (Å²) in [6.45, 7) is 2.72. The molecule has 1 heterocycles. The van der Waals surface area contributed by atoms with Crippen molar-refractivity contribution in [2.45, 2.75) is 13.1 Å². The SMILES string of the molecule is CCN(c1ccccc1)c1ccnc(Nc2ccc(C(F)(F)F)cc2)n1. The number of hydrogen-bond acceptors (Lipinski definition) is 4. The maximum absolute atomic E-state index is 12.6. The Labute approximate surface area is 149 Å². The molecule has 2 aromatic carbocycles. The van der Waals surface area contributed by atoms with E-state index in [2.05, 4.69) is 15.3 Å². The first-order valence-electron chi connectivity index (χ1n) is 8.07. The van der Waals surface area contributed by atoms with E-state index >= 15 is 0 Å². The number of anilines is 4. The minimum atomic E-state index is -4.35. The molecule has 0 saturated carbocycles. The number of alkyl halides is 3. The van der Waals surface area contributed by atoms with E-state index in [0.29, 0.717) is 24.0 Å². The first-order valence-corrected chi connectivity index (χ1v) is 8.07. The van der Waals surface area contributed by atoms with Crippen LogP contribution in [0.4, 0.5) is 36.3 Å². The summed E-state index contributed by atoms with van der Waals surface area (Å²) in [5, 5.41) is 2.94. The number of hydrogen-bond donors (Lipinski definition) is 1. The van der Waals surface area contributed by atoms with Crippen LogP contribution in [-0.2, 0) is 6.18 Å². The maximum atomic E-state index is 12.6. The summed E-state index contributed by atoms with van der Waals surface area (Å²) in [5.41, 5.74) is 0.783. The van der Waals surface area contributed by atoms with Crippen LogP contribution < -0.4 is 10.2 Å². The molecule has 134 valence electrons. The number of benzene rings is 2. The summed E-state index contributed by atoms with van der Waals surface area (Å²) in [6.07, 6.45) is -2.74. The van der Waals surface area contributed by atoms with Gasteiger partial charge in [-0.05, 0) is 49.4 Å². The van der Waals surface area contributed by atoms with Crippen molar-refractivity contribution < 1.29 is 13.2 Å². The summed E-state index contributed by atoms with van der Waals surface area (Å²) >= 11 is 0. The van der Waals surface area contributed by atoms with Crippen molar-refractivity contribution in [1.82, 2.24) is 9.97 Å². The molecule has 4 nitrogen and oxygen atoms in total. The quantitative estimate of drug-likeness (QED) is 0.663. The van der Waals surface area contributed by atoms with Crippen molar-refractivity contribution >= 4 is 23.1 Å². The topological polar surface area (TPSA) is 41.1 Å². The zero-order valence-electron chi connectivity index (χ0n) is 14.0. The van der Waals surface area contributed by atoms with Crippen molar-refractivity contribution in [3.63, 3.8) is 0 Å². The average Bonchev–Trinajstić information content (AvgIpc) is 2.63.